The third-order valence-corrected chi connectivity index (χ3v) is 3.84. The molecule has 1 aromatic heterocycles. The number of nitrogens with zero attached hydrogens (tertiary/aromatic N) is 2. The molecule has 0 aliphatic heterocycles. The predicted octanol–water partition coefficient (Wildman–Crippen LogP) is 2.85. The predicted molar refractivity (Wildman–Crippen MR) is 82.7 cm³/mol. The number of aryl methyl sites for hydroxylation is 1. The molecule has 21 heavy (non-hydrogen) atoms. The van der Waals surface area contributed by atoms with Crippen LogP contribution in [0.1, 0.15) is 62.4 Å². The molecule has 0 aromatic carbocycles. The van der Waals surface area contributed by atoms with Crippen LogP contribution in [0.5, 0.6) is 0 Å². The number of carboxylic acid groups (broad SMARTS) is 1. The Bertz CT molecular complexity index is 535. The fourth-order valence-corrected chi connectivity index (χ4v) is 2.56. The van der Waals surface area contributed by atoms with Gasteiger partial charge in [0.1, 0.15) is 0 Å². The summed E-state index contributed by atoms with van der Waals surface area (Å²) in [6.07, 6.45) is 6.84. The van der Waals surface area contributed by atoms with E-state index in [1.165, 1.54) is 25.7 Å². The van der Waals surface area contributed by atoms with Crippen LogP contribution in [0, 0.1) is 13.8 Å². The molecule has 0 bridgehead atoms. The Hall–Kier alpha value is -1.65. The zero-order chi connectivity index (χ0) is 15.8. The van der Waals surface area contributed by atoms with Crippen LogP contribution < -0.4 is 5.69 Å². The lowest BCUT2D eigenvalue weighted by molar-refractivity contribution is -0.136. The molecule has 1 N–H and O–H groups in total. The molecule has 0 unspecified atom stereocenters. The number of aromatic nitrogens is 2. The highest BCUT2D eigenvalue weighted by atomic mass is 16.4. The topological polar surface area (TPSA) is 72.2 Å². The Morgan fingerprint density at radius 3 is 2.38 bits per heavy atom. The molecule has 0 atom stereocenters. The van der Waals surface area contributed by atoms with Crippen molar-refractivity contribution in [2.45, 2.75) is 72.3 Å². The van der Waals surface area contributed by atoms with Gasteiger partial charge in [0.25, 0.3) is 0 Å². The maximum absolute atomic E-state index is 12.0. The second kappa shape index (κ2) is 8.60. The highest BCUT2D eigenvalue weighted by molar-refractivity contribution is 5.70. The molecule has 1 aromatic rings. The van der Waals surface area contributed by atoms with Gasteiger partial charge in [0.05, 0.1) is 6.42 Å². The summed E-state index contributed by atoms with van der Waals surface area (Å²) < 4.78 is 1.62. The van der Waals surface area contributed by atoms with Gasteiger partial charge < -0.3 is 5.11 Å². The van der Waals surface area contributed by atoms with Crippen LogP contribution in [0.15, 0.2) is 4.79 Å². The third kappa shape index (κ3) is 5.33. The van der Waals surface area contributed by atoms with Crippen LogP contribution in [-0.2, 0) is 17.8 Å². The van der Waals surface area contributed by atoms with Gasteiger partial charge in [0.15, 0.2) is 0 Å². The van der Waals surface area contributed by atoms with E-state index in [-0.39, 0.29) is 12.1 Å². The molecule has 0 saturated carbocycles. The lowest BCUT2D eigenvalue weighted by Gasteiger charge is -2.14. The molecule has 0 amide bonds. The number of hydrogen-bond acceptors (Lipinski definition) is 3. The summed E-state index contributed by atoms with van der Waals surface area (Å²) in [5.74, 6) is -0.896. The molecule has 0 aliphatic carbocycles. The maximum atomic E-state index is 12.0. The lowest BCUT2D eigenvalue weighted by Crippen LogP contribution is -2.28. The zero-order valence-electron chi connectivity index (χ0n) is 13.3. The van der Waals surface area contributed by atoms with Crippen molar-refractivity contribution >= 4 is 5.97 Å². The Balaban J connectivity index is 2.73. The van der Waals surface area contributed by atoms with Crippen molar-refractivity contribution in [2.24, 2.45) is 0 Å². The lowest BCUT2D eigenvalue weighted by atomic mass is 10.1. The summed E-state index contributed by atoms with van der Waals surface area (Å²) in [4.78, 5) is 26.8. The first-order chi connectivity index (χ1) is 9.97. The smallest absolute Gasteiger partial charge is 0.347 e. The van der Waals surface area contributed by atoms with E-state index in [1.54, 1.807) is 11.5 Å². The van der Waals surface area contributed by atoms with Crippen LogP contribution in [-0.4, -0.2) is 20.6 Å². The van der Waals surface area contributed by atoms with Crippen molar-refractivity contribution in [3.8, 4) is 0 Å². The van der Waals surface area contributed by atoms with E-state index in [4.69, 9.17) is 5.11 Å². The normalized spacial score (nSPS) is 10.8. The van der Waals surface area contributed by atoms with Gasteiger partial charge in [-0.2, -0.15) is 4.98 Å². The average Bonchev–Trinajstić information content (AvgIpc) is 2.41. The minimum atomic E-state index is -0.896. The van der Waals surface area contributed by atoms with Crippen molar-refractivity contribution in [2.75, 3.05) is 0 Å². The second-order valence-corrected chi connectivity index (χ2v) is 5.53. The van der Waals surface area contributed by atoms with Gasteiger partial charge in [0.2, 0.25) is 0 Å². The van der Waals surface area contributed by atoms with Crippen LogP contribution in [0.3, 0.4) is 0 Å². The standard InChI is InChI=1S/C16H26N2O3/c1-4-5-6-7-8-9-10-18-13(3)14(11-15(19)20)12(2)17-16(18)21/h4-11H2,1-3H3,(H,19,20). The van der Waals surface area contributed by atoms with Crippen LogP contribution in [0.4, 0.5) is 0 Å². The van der Waals surface area contributed by atoms with Crippen molar-refractivity contribution in [3.63, 3.8) is 0 Å². The van der Waals surface area contributed by atoms with Crippen LogP contribution in [0.25, 0.3) is 0 Å². The quantitative estimate of drug-likeness (QED) is 0.711. The minimum absolute atomic E-state index is 0.0819. The Morgan fingerprint density at radius 2 is 1.76 bits per heavy atom. The first-order valence-corrected chi connectivity index (χ1v) is 7.76. The number of hydrogen-bond donors (Lipinski definition) is 1. The molecule has 0 aliphatic rings. The molecule has 5 heteroatoms. The first kappa shape index (κ1) is 17.4. The van der Waals surface area contributed by atoms with E-state index in [2.05, 4.69) is 11.9 Å². The summed E-state index contributed by atoms with van der Waals surface area (Å²) in [6.45, 7) is 6.31. The molecule has 0 radical (unpaired) electrons. The van der Waals surface area contributed by atoms with Gasteiger partial charge in [0, 0.05) is 23.5 Å². The van der Waals surface area contributed by atoms with Gasteiger partial charge >= 0.3 is 11.7 Å². The highest BCUT2D eigenvalue weighted by Gasteiger charge is 2.13. The summed E-state index contributed by atoms with van der Waals surface area (Å²) >= 11 is 0. The molecule has 1 heterocycles. The van der Waals surface area contributed by atoms with E-state index < -0.39 is 5.97 Å². The van der Waals surface area contributed by atoms with E-state index >= 15 is 0 Å². The summed E-state index contributed by atoms with van der Waals surface area (Å²) in [5.41, 5.74) is 1.66. The van der Waals surface area contributed by atoms with Gasteiger partial charge in [-0.15, -0.1) is 0 Å². The van der Waals surface area contributed by atoms with E-state index in [0.717, 1.165) is 18.5 Å². The largest absolute Gasteiger partial charge is 0.481 e. The molecule has 0 spiro atoms. The highest BCUT2D eigenvalue weighted by Crippen LogP contribution is 2.12. The molecule has 0 fully saturated rings. The van der Waals surface area contributed by atoms with Gasteiger partial charge in [-0.1, -0.05) is 39.0 Å². The molecule has 118 valence electrons. The third-order valence-electron chi connectivity index (χ3n) is 3.84. The summed E-state index contributed by atoms with van der Waals surface area (Å²) in [7, 11) is 0. The Morgan fingerprint density at radius 1 is 1.14 bits per heavy atom. The van der Waals surface area contributed by atoms with Gasteiger partial charge in [-0.25, -0.2) is 4.79 Å². The van der Waals surface area contributed by atoms with E-state index in [9.17, 15) is 9.59 Å². The number of rotatable bonds is 9. The molecule has 0 saturated heterocycles. The van der Waals surface area contributed by atoms with Gasteiger partial charge in [-0.05, 0) is 20.3 Å². The fourth-order valence-electron chi connectivity index (χ4n) is 2.56. The molecular formula is C16H26N2O3. The van der Waals surface area contributed by atoms with Crippen molar-refractivity contribution in [3.05, 3.63) is 27.4 Å². The number of aliphatic carboxylic acids is 1. The van der Waals surface area contributed by atoms with Crippen LogP contribution >= 0.6 is 0 Å². The molecule has 5 nitrogen and oxygen atoms in total. The second-order valence-electron chi connectivity index (χ2n) is 5.53. The number of carboxylic acids is 1. The first-order valence-electron chi connectivity index (χ1n) is 7.76. The fraction of sp³-hybridized carbons (Fsp3) is 0.688. The molecular weight excluding hydrogens is 268 g/mol. The SMILES string of the molecule is CCCCCCCCn1c(C)c(CC(=O)O)c(C)nc1=O. The Kier molecular flexibility index (Phi) is 7.12. The van der Waals surface area contributed by atoms with E-state index in [0.29, 0.717) is 17.8 Å². The Labute approximate surface area is 126 Å². The van der Waals surface area contributed by atoms with E-state index in [1.807, 2.05) is 6.92 Å². The monoisotopic (exact) mass is 294 g/mol. The average molecular weight is 294 g/mol. The maximum Gasteiger partial charge on any atom is 0.347 e. The summed E-state index contributed by atoms with van der Waals surface area (Å²) in [6, 6.07) is 0. The summed E-state index contributed by atoms with van der Waals surface area (Å²) in [5, 5.41) is 8.96. The van der Waals surface area contributed by atoms with Crippen LogP contribution in [0.2, 0.25) is 0 Å². The van der Waals surface area contributed by atoms with Crippen molar-refractivity contribution < 1.29 is 9.90 Å². The number of carbonyl (C=O) groups is 1. The minimum Gasteiger partial charge on any atom is -0.481 e. The number of unbranched alkanes of at least 4 members (excludes halogenated alkanes) is 5. The van der Waals surface area contributed by atoms with Crippen molar-refractivity contribution in [1.29, 1.82) is 0 Å². The molecule has 1 rings (SSSR count). The van der Waals surface area contributed by atoms with Crippen molar-refractivity contribution in [1.82, 2.24) is 9.55 Å². The zero-order valence-corrected chi connectivity index (χ0v) is 13.3. The van der Waals surface area contributed by atoms with Gasteiger partial charge in [-0.3, -0.25) is 9.36 Å².